The van der Waals surface area contributed by atoms with Crippen LogP contribution in [0.2, 0.25) is 10.0 Å². The lowest BCUT2D eigenvalue weighted by Gasteiger charge is -2.15. The summed E-state index contributed by atoms with van der Waals surface area (Å²) in [6.45, 7) is 2.17. The Hall–Kier alpha value is -0.440. The lowest BCUT2D eigenvalue weighted by Crippen LogP contribution is -2.21. The largest absolute Gasteiger partial charge is 0.381 e. The van der Waals surface area contributed by atoms with Gasteiger partial charge in [-0.05, 0) is 43.6 Å². The molecule has 0 unspecified atom stereocenters. The van der Waals surface area contributed by atoms with Crippen molar-refractivity contribution in [2.45, 2.75) is 24.8 Å². The second-order valence-electron chi connectivity index (χ2n) is 4.54. The molecule has 0 spiro atoms. The van der Waals surface area contributed by atoms with Gasteiger partial charge in [0.2, 0.25) is 0 Å². The zero-order valence-electron chi connectivity index (χ0n) is 8.89. The van der Waals surface area contributed by atoms with E-state index in [9.17, 15) is 0 Å². The fraction of sp³-hybridized carbons (Fsp3) is 0.500. The van der Waals surface area contributed by atoms with Gasteiger partial charge in [-0.25, -0.2) is 0 Å². The summed E-state index contributed by atoms with van der Waals surface area (Å²) in [5.74, 6) is 0.583. The Balaban J connectivity index is 2.00. The zero-order valence-corrected chi connectivity index (χ0v) is 10.4. The quantitative estimate of drug-likeness (QED) is 0.745. The third kappa shape index (κ3) is 1.69. The van der Waals surface area contributed by atoms with Gasteiger partial charge >= 0.3 is 0 Å². The first-order valence-electron chi connectivity index (χ1n) is 5.72. The first kappa shape index (κ1) is 10.7. The first-order chi connectivity index (χ1) is 7.75. The van der Waals surface area contributed by atoms with Crippen molar-refractivity contribution >= 4 is 28.9 Å². The summed E-state index contributed by atoms with van der Waals surface area (Å²) in [6.07, 6.45) is 2.33. The molecule has 2 aliphatic heterocycles. The van der Waals surface area contributed by atoms with E-state index >= 15 is 0 Å². The molecule has 86 valence electrons. The molecule has 2 heterocycles. The normalized spacial score (nSPS) is 27.9. The Morgan fingerprint density at radius 3 is 2.69 bits per heavy atom. The highest BCUT2D eigenvalue weighted by Gasteiger charge is 2.33. The van der Waals surface area contributed by atoms with Crippen molar-refractivity contribution in [1.29, 1.82) is 0 Å². The second kappa shape index (κ2) is 4.10. The van der Waals surface area contributed by atoms with Crippen LogP contribution >= 0.6 is 23.2 Å². The molecular formula is C12H14Cl2N2. The molecule has 2 aliphatic rings. The van der Waals surface area contributed by atoms with Crippen LogP contribution in [0.1, 0.15) is 24.3 Å². The number of hydrogen-bond donors (Lipinski definition) is 2. The van der Waals surface area contributed by atoms with Crippen LogP contribution in [0.25, 0.3) is 0 Å². The standard InChI is InChI=1S/C12H14Cl2N2/c13-9-5-8-7-1-3-15-4-2-11(7)16-12(8)6-10(9)14/h5-7,11,15-16H,1-4H2/t7-,11+/m1/s1. The summed E-state index contributed by atoms with van der Waals surface area (Å²) in [5.41, 5.74) is 2.51. The van der Waals surface area contributed by atoms with Crippen molar-refractivity contribution in [2.24, 2.45) is 0 Å². The summed E-state index contributed by atoms with van der Waals surface area (Å²) >= 11 is 12.1. The molecule has 1 aromatic rings. The molecule has 16 heavy (non-hydrogen) atoms. The molecule has 2 atom stereocenters. The zero-order chi connectivity index (χ0) is 11.1. The van der Waals surface area contributed by atoms with Crippen LogP contribution in [0.15, 0.2) is 12.1 Å². The van der Waals surface area contributed by atoms with Crippen molar-refractivity contribution in [3.05, 3.63) is 27.7 Å². The molecule has 0 aliphatic carbocycles. The van der Waals surface area contributed by atoms with Crippen LogP contribution in [0.4, 0.5) is 5.69 Å². The SMILES string of the molecule is Clc1cc2c(cc1Cl)[C@H]1CCNCC[C@@H]1N2. The number of benzene rings is 1. The molecule has 1 saturated heterocycles. The minimum atomic E-state index is 0.541. The van der Waals surface area contributed by atoms with Gasteiger partial charge in [-0.15, -0.1) is 0 Å². The molecule has 4 heteroatoms. The van der Waals surface area contributed by atoms with E-state index in [4.69, 9.17) is 23.2 Å². The van der Waals surface area contributed by atoms with Crippen molar-refractivity contribution in [2.75, 3.05) is 18.4 Å². The molecule has 0 aromatic heterocycles. The Morgan fingerprint density at radius 1 is 1.06 bits per heavy atom. The van der Waals surface area contributed by atoms with Crippen molar-refractivity contribution < 1.29 is 0 Å². The van der Waals surface area contributed by atoms with E-state index in [1.165, 1.54) is 17.7 Å². The van der Waals surface area contributed by atoms with E-state index in [0.29, 0.717) is 22.0 Å². The molecule has 0 amide bonds. The van der Waals surface area contributed by atoms with Crippen LogP contribution in [0, 0.1) is 0 Å². The van der Waals surface area contributed by atoms with Gasteiger partial charge < -0.3 is 10.6 Å². The van der Waals surface area contributed by atoms with E-state index in [0.717, 1.165) is 19.5 Å². The molecule has 1 aromatic carbocycles. The van der Waals surface area contributed by atoms with E-state index in [2.05, 4.69) is 10.6 Å². The van der Waals surface area contributed by atoms with Gasteiger partial charge in [0.1, 0.15) is 0 Å². The number of nitrogens with one attached hydrogen (secondary N) is 2. The fourth-order valence-corrected chi connectivity index (χ4v) is 3.12. The van der Waals surface area contributed by atoms with Gasteiger partial charge in [0, 0.05) is 17.6 Å². The van der Waals surface area contributed by atoms with Crippen molar-refractivity contribution in [3.63, 3.8) is 0 Å². The first-order valence-corrected chi connectivity index (χ1v) is 6.47. The monoisotopic (exact) mass is 256 g/mol. The number of fused-ring (bicyclic) bond motifs is 3. The molecule has 0 bridgehead atoms. The third-order valence-corrected chi connectivity index (χ3v) is 4.30. The van der Waals surface area contributed by atoms with Crippen LogP contribution in [0.3, 0.4) is 0 Å². The Kier molecular flexibility index (Phi) is 2.74. The average molecular weight is 257 g/mol. The van der Waals surface area contributed by atoms with Gasteiger partial charge in [-0.3, -0.25) is 0 Å². The van der Waals surface area contributed by atoms with Gasteiger partial charge in [0.25, 0.3) is 0 Å². The predicted molar refractivity (Wildman–Crippen MR) is 68.7 cm³/mol. The third-order valence-electron chi connectivity index (χ3n) is 3.58. The maximum absolute atomic E-state index is 6.09. The van der Waals surface area contributed by atoms with Gasteiger partial charge in [-0.2, -0.15) is 0 Å². The van der Waals surface area contributed by atoms with E-state index < -0.39 is 0 Å². The van der Waals surface area contributed by atoms with Crippen LogP contribution < -0.4 is 10.6 Å². The molecule has 0 saturated carbocycles. The fourth-order valence-electron chi connectivity index (χ4n) is 2.78. The Bertz CT molecular complexity index is 420. The molecule has 3 rings (SSSR count). The van der Waals surface area contributed by atoms with E-state index in [1.807, 2.05) is 12.1 Å². The van der Waals surface area contributed by atoms with Crippen molar-refractivity contribution in [1.82, 2.24) is 5.32 Å². The Labute approximate surface area is 105 Å². The summed E-state index contributed by atoms with van der Waals surface area (Å²) in [4.78, 5) is 0. The van der Waals surface area contributed by atoms with E-state index in [-0.39, 0.29) is 0 Å². The highest BCUT2D eigenvalue weighted by Crippen LogP contribution is 2.43. The predicted octanol–water partition coefficient (Wildman–Crippen LogP) is 3.25. The van der Waals surface area contributed by atoms with Crippen LogP contribution in [-0.4, -0.2) is 19.1 Å². The topological polar surface area (TPSA) is 24.1 Å². The second-order valence-corrected chi connectivity index (χ2v) is 5.35. The van der Waals surface area contributed by atoms with E-state index in [1.54, 1.807) is 0 Å². The van der Waals surface area contributed by atoms with Crippen molar-refractivity contribution in [3.8, 4) is 0 Å². The van der Waals surface area contributed by atoms with Gasteiger partial charge in [0.15, 0.2) is 0 Å². The summed E-state index contributed by atoms with van der Waals surface area (Å²) in [5, 5.41) is 8.30. The number of halogens is 2. The number of rotatable bonds is 0. The summed E-state index contributed by atoms with van der Waals surface area (Å²) in [7, 11) is 0. The summed E-state index contributed by atoms with van der Waals surface area (Å²) in [6, 6.07) is 4.53. The Morgan fingerprint density at radius 2 is 1.81 bits per heavy atom. The lowest BCUT2D eigenvalue weighted by molar-refractivity contribution is 0.578. The molecular weight excluding hydrogens is 243 g/mol. The highest BCUT2D eigenvalue weighted by molar-refractivity contribution is 6.42. The maximum atomic E-state index is 6.09. The molecule has 0 radical (unpaired) electrons. The summed E-state index contributed by atoms with van der Waals surface area (Å²) < 4.78 is 0. The van der Waals surface area contributed by atoms with Gasteiger partial charge in [0.05, 0.1) is 10.0 Å². The van der Waals surface area contributed by atoms with Crippen LogP contribution in [-0.2, 0) is 0 Å². The minimum Gasteiger partial charge on any atom is -0.381 e. The lowest BCUT2D eigenvalue weighted by atomic mass is 9.91. The number of hydrogen-bond acceptors (Lipinski definition) is 2. The highest BCUT2D eigenvalue weighted by atomic mass is 35.5. The maximum Gasteiger partial charge on any atom is 0.0613 e. The smallest absolute Gasteiger partial charge is 0.0613 e. The molecule has 2 N–H and O–H groups in total. The molecule has 2 nitrogen and oxygen atoms in total. The average Bonchev–Trinajstić information content (AvgIpc) is 2.47. The van der Waals surface area contributed by atoms with Gasteiger partial charge in [-0.1, -0.05) is 23.2 Å². The van der Waals surface area contributed by atoms with Crippen LogP contribution in [0.5, 0.6) is 0 Å². The number of anilines is 1. The minimum absolute atomic E-state index is 0.541. The molecule has 1 fully saturated rings.